The Hall–Kier alpha value is -2.04. The molecule has 0 saturated heterocycles. The lowest BCUT2D eigenvalue weighted by molar-refractivity contribution is -0.142. The summed E-state index contributed by atoms with van der Waals surface area (Å²) in [6, 6.07) is 12.9. The molecule has 0 aromatic heterocycles. The molecule has 0 bridgehead atoms. The van der Waals surface area contributed by atoms with Gasteiger partial charge < -0.3 is 10.2 Å². The molecule has 6 heteroatoms. The van der Waals surface area contributed by atoms with Crippen LogP contribution in [-0.4, -0.2) is 28.3 Å². The second-order valence-electron chi connectivity index (χ2n) is 8.92. The van der Waals surface area contributed by atoms with Crippen LogP contribution in [0.4, 0.5) is 0 Å². The van der Waals surface area contributed by atoms with E-state index in [1.54, 1.807) is 17.0 Å². The molecular weight excluding hydrogens is 431 g/mol. The van der Waals surface area contributed by atoms with Gasteiger partial charge in [-0.2, -0.15) is 0 Å². The Balaban J connectivity index is 2.25. The molecule has 0 radical (unpaired) electrons. The molecule has 168 valence electrons. The molecule has 0 heterocycles. The summed E-state index contributed by atoms with van der Waals surface area (Å²) in [5, 5.41) is 3.90. The molecular formula is C25H32Cl2N2O2. The molecule has 1 N–H and O–H groups in total. The highest BCUT2D eigenvalue weighted by molar-refractivity contribution is 6.42. The molecule has 2 rings (SSSR count). The highest BCUT2D eigenvalue weighted by Crippen LogP contribution is 2.24. The third-order valence-corrected chi connectivity index (χ3v) is 5.71. The molecule has 1 unspecified atom stereocenters. The smallest absolute Gasteiger partial charge is 0.243 e. The van der Waals surface area contributed by atoms with Crippen molar-refractivity contribution in [3.05, 3.63) is 69.2 Å². The zero-order chi connectivity index (χ0) is 23.2. The fourth-order valence-corrected chi connectivity index (χ4v) is 3.68. The first-order valence-corrected chi connectivity index (χ1v) is 11.4. The van der Waals surface area contributed by atoms with Crippen LogP contribution in [0.1, 0.15) is 57.2 Å². The van der Waals surface area contributed by atoms with E-state index in [0.29, 0.717) is 35.9 Å². The van der Waals surface area contributed by atoms with Gasteiger partial charge in [0.25, 0.3) is 0 Å². The van der Waals surface area contributed by atoms with Crippen LogP contribution < -0.4 is 5.32 Å². The van der Waals surface area contributed by atoms with Crippen molar-refractivity contribution >= 4 is 35.0 Å². The molecule has 0 saturated carbocycles. The number of halogens is 2. The average molecular weight is 463 g/mol. The summed E-state index contributed by atoms with van der Waals surface area (Å²) >= 11 is 12.2. The van der Waals surface area contributed by atoms with Gasteiger partial charge in [-0.1, -0.05) is 66.0 Å². The van der Waals surface area contributed by atoms with Gasteiger partial charge in [0, 0.05) is 18.5 Å². The molecule has 0 spiro atoms. The number of benzene rings is 2. The van der Waals surface area contributed by atoms with E-state index in [1.807, 2.05) is 65.0 Å². The minimum atomic E-state index is -0.570. The molecule has 0 fully saturated rings. The van der Waals surface area contributed by atoms with E-state index in [9.17, 15) is 9.59 Å². The van der Waals surface area contributed by atoms with Crippen LogP contribution >= 0.6 is 23.2 Å². The number of carbonyl (C=O) groups excluding carboxylic acids is 2. The number of amides is 2. The fraction of sp³-hybridized carbons (Fsp3) is 0.440. The molecule has 0 aliphatic heterocycles. The zero-order valence-corrected chi connectivity index (χ0v) is 20.5. The largest absolute Gasteiger partial charge is 0.350 e. The van der Waals surface area contributed by atoms with Gasteiger partial charge in [0.2, 0.25) is 11.8 Å². The SMILES string of the molecule is CCC(C(=O)NC(C)(C)C)N(Cc1ccc(Cl)c(Cl)c1)C(=O)CCc1ccc(C)cc1. The van der Waals surface area contributed by atoms with E-state index in [0.717, 1.165) is 11.1 Å². The number of nitrogens with zero attached hydrogens (tertiary/aromatic N) is 1. The van der Waals surface area contributed by atoms with Crippen molar-refractivity contribution in [2.24, 2.45) is 0 Å². The van der Waals surface area contributed by atoms with Gasteiger partial charge in [-0.05, 0) is 63.8 Å². The quantitative estimate of drug-likeness (QED) is 0.526. The van der Waals surface area contributed by atoms with Crippen LogP contribution in [-0.2, 0) is 22.6 Å². The molecule has 2 amide bonds. The maximum absolute atomic E-state index is 13.3. The summed E-state index contributed by atoms with van der Waals surface area (Å²) < 4.78 is 0. The van der Waals surface area contributed by atoms with Crippen molar-refractivity contribution in [2.45, 2.75) is 72.0 Å². The van der Waals surface area contributed by atoms with E-state index in [1.165, 1.54) is 5.56 Å². The van der Waals surface area contributed by atoms with E-state index in [4.69, 9.17) is 23.2 Å². The summed E-state index contributed by atoms with van der Waals surface area (Å²) in [4.78, 5) is 28.0. The fourth-order valence-electron chi connectivity index (χ4n) is 3.36. The predicted octanol–water partition coefficient (Wildman–Crippen LogP) is 5.96. The van der Waals surface area contributed by atoms with Gasteiger partial charge in [0.05, 0.1) is 10.0 Å². The van der Waals surface area contributed by atoms with Crippen LogP contribution in [0.3, 0.4) is 0 Å². The van der Waals surface area contributed by atoms with Crippen molar-refractivity contribution in [1.82, 2.24) is 10.2 Å². The van der Waals surface area contributed by atoms with Gasteiger partial charge in [0.15, 0.2) is 0 Å². The van der Waals surface area contributed by atoms with E-state index in [-0.39, 0.29) is 17.4 Å². The molecule has 1 atom stereocenters. The topological polar surface area (TPSA) is 49.4 Å². The van der Waals surface area contributed by atoms with E-state index < -0.39 is 6.04 Å². The summed E-state index contributed by atoms with van der Waals surface area (Å²) in [7, 11) is 0. The Morgan fingerprint density at radius 2 is 1.61 bits per heavy atom. The Morgan fingerprint density at radius 1 is 1.00 bits per heavy atom. The van der Waals surface area contributed by atoms with Crippen molar-refractivity contribution in [3.8, 4) is 0 Å². The first-order chi connectivity index (χ1) is 14.5. The first-order valence-electron chi connectivity index (χ1n) is 10.6. The maximum atomic E-state index is 13.3. The van der Waals surface area contributed by atoms with Crippen molar-refractivity contribution in [1.29, 1.82) is 0 Å². The normalized spacial score (nSPS) is 12.4. The van der Waals surface area contributed by atoms with Crippen molar-refractivity contribution in [3.63, 3.8) is 0 Å². The lowest BCUT2D eigenvalue weighted by Crippen LogP contribution is -2.53. The number of rotatable bonds is 8. The second-order valence-corrected chi connectivity index (χ2v) is 9.73. The van der Waals surface area contributed by atoms with Gasteiger partial charge in [-0.3, -0.25) is 9.59 Å². The van der Waals surface area contributed by atoms with Crippen LogP contribution in [0, 0.1) is 6.92 Å². The van der Waals surface area contributed by atoms with Gasteiger partial charge >= 0.3 is 0 Å². The monoisotopic (exact) mass is 462 g/mol. The summed E-state index contributed by atoms with van der Waals surface area (Å²) in [5.41, 5.74) is 2.73. The van der Waals surface area contributed by atoms with Gasteiger partial charge in [0.1, 0.15) is 6.04 Å². The van der Waals surface area contributed by atoms with Crippen LogP contribution in [0.15, 0.2) is 42.5 Å². The zero-order valence-electron chi connectivity index (χ0n) is 19.0. The highest BCUT2D eigenvalue weighted by Gasteiger charge is 2.30. The second kappa shape index (κ2) is 11.0. The molecule has 0 aliphatic carbocycles. The van der Waals surface area contributed by atoms with Gasteiger partial charge in [-0.15, -0.1) is 0 Å². The lowest BCUT2D eigenvalue weighted by atomic mass is 10.0. The Labute approximate surface area is 195 Å². The van der Waals surface area contributed by atoms with E-state index in [2.05, 4.69) is 5.32 Å². The maximum Gasteiger partial charge on any atom is 0.243 e. The summed E-state index contributed by atoms with van der Waals surface area (Å²) in [6.45, 7) is 10.0. The van der Waals surface area contributed by atoms with Crippen molar-refractivity contribution < 1.29 is 9.59 Å². The Morgan fingerprint density at radius 3 is 2.16 bits per heavy atom. The predicted molar refractivity (Wildman–Crippen MR) is 128 cm³/mol. The minimum Gasteiger partial charge on any atom is -0.350 e. The number of hydrogen-bond donors (Lipinski definition) is 1. The molecule has 4 nitrogen and oxygen atoms in total. The molecule has 31 heavy (non-hydrogen) atoms. The molecule has 2 aromatic rings. The average Bonchev–Trinajstić information content (AvgIpc) is 2.68. The van der Waals surface area contributed by atoms with Crippen LogP contribution in [0.5, 0.6) is 0 Å². The summed E-state index contributed by atoms with van der Waals surface area (Å²) in [5.74, 6) is -0.221. The number of nitrogens with one attached hydrogen (secondary N) is 1. The van der Waals surface area contributed by atoms with Gasteiger partial charge in [-0.25, -0.2) is 0 Å². The lowest BCUT2D eigenvalue weighted by Gasteiger charge is -2.33. The molecule has 0 aliphatic rings. The van der Waals surface area contributed by atoms with Crippen LogP contribution in [0.2, 0.25) is 10.0 Å². The van der Waals surface area contributed by atoms with Crippen LogP contribution in [0.25, 0.3) is 0 Å². The highest BCUT2D eigenvalue weighted by atomic mass is 35.5. The van der Waals surface area contributed by atoms with Crippen molar-refractivity contribution in [2.75, 3.05) is 0 Å². The Kier molecular flexibility index (Phi) is 8.96. The number of carbonyl (C=O) groups is 2. The third kappa shape index (κ3) is 7.86. The molecule has 2 aromatic carbocycles. The number of hydrogen-bond acceptors (Lipinski definition) is 2. The number of aryl methyl sites for hydroxylation is 2. The summed E-state index contributed by atoms with van der Waals surface area (Å²) in [6.07, 6.45) is 1.46. The minimum absolute atomic E-state index is 0.0671. The first kappa shape index (κ1) is 25.2. The Bertz CT molecular complexity index is 905. The third-order valence-electron chi connectivity index (χ3n) is 4.97. The van der Waals surface area contributed by atoms with E-state index >= 15 is 0 Å². The standard InChI is InChI=1S/C25H32Cl2N2O2/c1-6-22(24(31)28-25(3,4)5)29(16-19-11-13-20(26)21(27)15-19)23(30)14-12-18-9-7-17(2)8-10-18/h7-11,13,15,22H,6,12,14,16H2,1-5H3,(H,28,31).